The molecule has 3 rings (SSSR count). The first kappa shape index (κ1) is 23.4. The molecule has 0 spiro atoms. The van der Waals surface area contributed by atoms with Crippen LogP contribution in [0.3, 0.4) is 0 Å². The predicted molar refractivity (Wildman–Crippen MR) is 125 cm³/mol. The van der Waals surface area contributed by atoms with Gasteiger partial charge in [0.2, 0.25) is 5.91 Å². The van der Waals surface area contributed by atoms with Crippen molar-refractivity contribution >= 4 is 38.9 Å². The van der Waals surface area contributed by atoms with E-state index in [0.29, 0.717) is 40.2 Å². The van der Waals surface area contributed by atoms with Crippen LogP contribution in [0.25, 0.3) is 0 Å². The van der Waals surface area contributed by atoms with Gasteiger partial charge in [-0.3, -0.25) is 9.52 Å². The van der Waals surface area contributed by atoms with E-state index in [2.05, 4.69) is 18.6 Å². The highest BCUT2D eigenvalue weighted by Gasteiger charge is 2.38. The van der Waals surface area contributed by atoms with Crippen LogP contribution >= 0.6 is 11.6 Å². The fraction of sp³-hybridized carbons (Fsp3) is 0.435. The number of hydrogen-bond donors (Lipinski definition) is 1. The second kappa shape index (κ2) is 8.71. The van der Waals surface area contributed by atoms with Crippen molar-refractivity contribution in [3.8, 4) is 5.75 Å². The molecule has 1 aliphatic rings. The van der Waals surface area contributed by atoms with Gasteiger partial charge in [0.15, 0.2) is 0 Å². The summed E-state index contributed by atoms with van der Waals surface area (Å²) in [5.41, 5.74) is 0.710. The SMILES string of the molecule is Cc1c(Cl)cccc1S(=O)(=O)Nc1ccc2c(c1)N(CCC(C)C)C(=O)C(C)(C)CO2. The first-order valence-electron chi connectivity index (χ1n) is 10.3. The lowest BCUT2D eigenvalue weighted by molar-refractivity contribution is -0.127. The van der Waals surface area contributed by atoms with Crippen molar-refractivity contribution in [2.45, 2.75) is 45.9 Å². The van der Waals surface area contributed by atoms with E-state index < -0.39 is 15.4 Å². The third-order valence-corrected chi connectivity index (χ3v) is 7.29. The molecule has 1 heterocycles. The van der Waals surface area contributed by atoms with Gasteiger partial charge in [-0.05, 0) is 69.0 Å². The molecular weight excluding hydrogens is 436 g/mol. The van der Waals surface area contributed by atoms with Crippen LogP contribution in [-0.2, 0) is 14.8 Å². The number of nitrogens with one attached hydrogen (secondary N) is 1. The van der Waals surface area contributed by atoms with Crippen molar-refractivity contribution in [1.29, 1.82) is 0 Å². The van der Waals surface area contributed by atoms with Crippen molar-refractivity contribution in [2.24, 2.45) is 11.3 Å². The highest BCUT2D eigenvalue weighted by Crippen LogP contribution is 2.39. The number of nitrogens with zero attached hydrogens (tertiary/aromatic N) is 1. The highest BCUT2D eigenvalue weighted by molar-refractivity contribution is 7.92. The number of anilines is 2. The lowest BCUT2D eigenvalue weighted by atomic mass is 9.92. The monoisotopic (exact) mass is 464 g/mol. The summed E-state index contributed by atoms with van der Waals surface area (Å²) in [6.07, 6.45) is 0.818. The summed E-state index contributed by atoms with van der Waals surface area (Å²) in [5, 5.41) is 0.380. The van der Waals surface area contributed by atoms with E-state index >= 15 is 0 Å². The lowest BCUT2D eigenvalue weighted by Gasteiger charge is -2.28. The number of ether oxygens (including phenoxy) is 1. The van der Waals surface area contributed by atoms with Gasteiger partial charge < -0.3 is 9.64 Å². The summed E-state index contributed by atoms with van der Waals surface area (Å²) >= 11 is 6.11. The number of sulfonamides is 1. The standard InChI is InChI=1S/C23H29ClN2O4S/c1-15(2)11-12-26-19-13-17(9-10-20(19)30-14-23(4,5)22(26)27)25-31(28,29)21-8-6-7-18(24)16(21)3/h6-10,13,15,25H,11-12,14H2,1-5H3. The Bertz CT molecular complexity index is 1100. The summed E-state index contributed by atoms with van der Waals surface area (Å²) in [5.74, 6) is 0.929. The molecule has 1 N–H and O–H groups in total. The zero-order valence-corrected chi connectivity index (χ0v) is 20.1. The highest BCUT2D eigenvalue weighted by atomic mass is 35.5. The normalized spacial score (nSPS) is 16.0. The number of carbonyl (C=O) groups is 1. The molecule has 6 nitrogen and oxygen atoms in total. The molecule has 31 heavy (non-hydrogen) atoms. The number of amides is 1. The molecule has 0 radical (unpaired) electrons. The topological polar surface area (TPSA) is 75.7 Å². The Morgan fingerprint density at radius 3 is 2.61 bits per heavy atom. The first-order valence-corrected chi connectivity index (χ1v) is 12.2. The molecule has 0 unspecified atom stereocenters. The van der Waals surface area contributed by atoms with Crippen LogP contribution in [-0.4, -0.2) is 27.5 Å². The maximum absolute atomic E-state index is 13.2. The average molecular weight is 465 g/mol. The molecule has 1 aliphatic heterocycles. The lowest BCUT2D eigenvalue weighted by Crippen LogP contribution is -2.42. The Morgan fingerprint density at radius 1 is 1.23 bits per heavy atom. The third kappa shape index (κ3) is 4.99. The van der Waals surface area contributed by atoms with Crippen LogP contribution in [0.1, 0.15) is 39.7 Å². The maximum Gasteiger partial charge on any atom is 0.262 e. The van der Waals surface area contributed by atoms with Crippen LogP contribution in [0.15, 0.2) is 41.3 Å². The second-order valence-electron chi connectivity index (χ2n) is 8.96. The quantitative estimate of drug-likeness (QED) is 0.633. The third-order valence-electron chi connectivity index (χ3n) is 5.35. The molecule has 0 saturated carbocycles. The van der Waals surface area contributed by atoms with Crippen molar-refractivity contribution in [3.05, 3.63) is 47.0 Å². The number of benzene rings is 2. The molecule has 1 amide bonds. The second-order valence-corrected chi connectivity index (χ2v) is 11.0. The van der Waals surface area contributed by atoms with Crippen molar-refractivity contribution in [1.82, 2.24) is 0 Å². The fourth-order valence-corrected chi connectivity index (χ4v) is 4.96. The van der Waals surface area contributed by atoms with Crippen LogP contribution in [0.4, 0.5) is 11.4 Å². The summed E-state index contributed by atoms with van der Waals surface area (Å²) < 4.78 is 34.5. The van der Waals surface area contributed by atoms with Crippen molar-refractivity contribution < 1.29 is 17.9 Å². The summed E-state index contributed by atoms with van der Waals surface area (Å²) in [6.45, 7) is 10.4. The number of fused-ring (bicyclic) bond motifs is 1. The minimum atomic E-state index is -3.86. The van der Waals surface area contributed by atoms with E-state index in [1.165, 1.54) is 6.07 Å². The largest absolute Gasteiger partial charge is 0.490 e. The summed E-state index contributed by atoms with van der Waals surface area (Å²) in [7, 11) is -3.86. The van der Waals surface area contributed by atoms with E-state index in [0.717, 1.165) is 6.42 Å². The number of halogens is 1. The van der Waals surface area contributed by atoms with Crippen molar-refractivity contribution in [3.63, 3.8) is 0 Å². The van der Waals surface area contributed by atoms with E-state index in [4.69, 9.17) is 16.3 Å². The summed E-state index contributed by atoms with van der Waals surface area (Å²) in [6, 6.07) is 9.76. The van der Waals surface area contributed by atoms with Crippen LogP contribution < -0.4 is 14.4 Å². The molecule has 2 aromatic carbocycles. The van der Waals surface area contributed by atoms with Crippen LogP contribution in [0, 0.1) is 18.3 Å². The van der Waals surface area contributed by atoms with E-state index in [-0.39, 0.29) is 17.4 Å². The van der Waals surface area contributed by atoms with Crippen molar-refractivity contribution in [2.75, 3.05) is 22.8 Å². The molecule has 2 aromatic rings. The molecule has 8 heteroatoms. The molecule has 0 aromatic heterocycles. The zero-order valence-electron chi connectivity index (χ0n) is 18.5. The molecule has 0 bridgehead atoms. The smallest absolute Gasteiger partial charge is 0.262 e. The number of carbonyl (C=O) groups excluding carboxylic acids is 1. The predicted octanol–water partition coefficient (Wildman–Crippen LogP) is 5.25. The molecule has 0 atom stereocenters. The number of rotatable bonds is 6. The van der Waals surface area contributed by atoms with Gasteiger partial charge in [0.25, 0.3) is 10.0 Å². The van der Waals surface area contributed by atoms with Gasteiger partial charge in [-0.25, -0.2) is 8.42 Å². The average Bonchev–Trinajstić information content (AvgIpc) is 2.77. The van der Waals surface area contributed by atoms with Gasteiger partial charge in [-0.1, -0.05) is 31.5 Å². The number of hydrogen-bond acceptors (Lipinski definition) is 4. The minimum absolute atomic E-state index is 0.0439. The Kier molecular flexibility index (Phi) is 6.58. The summed E-state index contributed by atoms with van der Waals surface area (Å²) in [4.78, 5) is 15.1. The molecule has 0 fully saturated rings. The van der Waals surface area contributed by atoms with E-state index in [9.17, 15) is 13.2 Å². The molecule has 168 valence electrons. The maximum atomic E-state index is 13.2. The first-order chi connectivity index (χ1) is 14.4. The molecule has 0 aliphatic carbocycles. The van der Waals surface area contributed by atoms with Gasteiger partial charge >= 0.3 is 0 Å². The van der Waals surface area contributed by atoms with Gasteiger partial charge in [0, 0.05) is 11.6 Å². The van der Waals surface area contributed by atoms with Gasteiger partial charge in [-0.2, -0.15) is 0 Å². The van der Waals surface area contributed by atoms with Crippen LogP contribution in [0.5, 0.6) is 5.75 Å². The van der Waals surface area contributed by atoms with E-state index in [1.807, 2.05) is 13.8 Å². The van der Waals surface area contributed by atoms with Gasteiger partial charge in [-0.15, -0.1) is 0 Å². The minimum Gasteiger partial charge on any atom is -0.490 e. The fourth-order valence-electron chi connectivity index (χ4n) is 3.41. The Morgan fingerprint density at radius 2 is 1.94 bits per heavy atom. The molecular formula is C23H29ClN2O4S. The Hall–Kier alpha value is -2.25. The van der Waals surface area contributed by atoms with E-state index in [1.54, 1.807) is 42.2 Å². The molecule has 0 saturated heterocycles. The van der Waals surface area contributed by atoms with Gasteiger partial charge in [0.05, 0.1) is 21.7 Å². The van der Waals surface area contributed by atoms with Crippen LogP contribution in [0.2, 0.25) is 5.02 Å². The van der Waals surface area contributed by atoms with Gasteiger partial charge in [0.1, 0.15) is 12.4 Å². The Balaban J connectivity index is 2.00. The Labute approximate surface area is 189 Å². The zero-order chi connectivity index (χ0) is 23.0.